The molecule has 0 radical (unpaired) electrons. The van der Waals surface area contributed by atoms with Crippen molar-refractivity contribution in [1.82, 2.24) is 10.2 Å². The minimum atomic E-state index is -1.10. The number of ether oxygens (including phenoxy) is 3. The highest BCUT2D eigenvalue weighted by Gasteiger charge is 2.41. The number of esters is 1. The van der Waals surface area contributed by atoms with Crippen molar-refractivity contribution in [3.05, 3.63) is 113 Å². The number of urea groups is 2. The highest BCUT2D eigenvalue weighted by Crippen LogP contribution is 2.36. The zero-order valence-corrected chi connectivity index (χ0v) is 25.5. The maximum absolute atomic E-state index is 14.2. The van der Waals surface area contributed by atoms with Gasteiger partial charge in [-0.05, 0) is 36.6 Å². The topological polar surface area (TPSA) is 106 Å². The lowest BCUT2D eigenvalue weighted by Crippen LogP contribution is -2.55. The summed E-state index contributed by atoms with van der Waals surface area (Å²) in [6.45, 7) is 0.0384. The molecule has 0 aliphatic heterocycles. The summed E-state index contributed by atoms with van der Waals surface area (Å²) in [5.74, 6) is -1.96. The van der Waals surface area contributed by atoms with Gasteiger partial charge >= 0.3 is 18.0 Å². The number of rotatable bonds is 9. The van der Waals surface area contributed by atoms with Gasteiger partial charge in [-0.15, -0.1) is 0 Å². The number of nitrogens with one attached hydrogen (secondary N) is 2. The van der Waals surface area contributed by atoms with Gasteiger partial charge in [0.05, 0.1) is 18.7 Å². The molecule has 46 heavy (non-hydrogen) atoms. The quantitative estimate of drug-likeness (QED) is 0.287. The van der Waals surface area contributed by atoms with Crippen LogP contribution in [0.4, 0.5) is 24.1 Å². The second kappa shape index (κ2) is 15.4. The number of hydrogen-bond donors (Lipinski definition) is 2. The summed E-state index contributed by atoms with van der Waals surface area (Å²) in [6.07, 6.45) is 13.5. The van der Waals surface area contributed by atoms with Crippen LogP contribution in [0.2, 0.25) is 0 Å². The van der Waals surface area contributed by atoms with Crippen molar-refractivity contribution in [3.63, 3.8) is 0 Å². The summed E-state index contributed by atoms with van der Waals surface area (Å²) in [5, 5.41) is 4.36. The van der Waals surface area contributed by atoms with Gasteiger partial charge in [0.1, 0.15) is 41.6 Å². The number of methoxy groups -OCH3 is 1. The largest absolute Gasteiger partial charge is 0.496 e. The molecule has 0 saturated heterocycles. The van der Waals surface area contributed by atoms with E-state index >= 15 is 0 Å². The number of benzene rings is 2. The Hall–Kier alpha value is -4.93. The monoisotopic (exact) mass is 633 g/mol. The second-order valence-electron chi connectivity index (χ2n) is 11.3. The van der Waals surface area contributed by atoms with Crippen molar-refractivity contribution in [2.24, 2.45) is 0 Å². The molecule has 4 amide bonds. The van der Waals surface area contributed by atoms with Gasteiger partial charge < -0.3 is 24.4 Å². The van der Waals surface area contributed by atoms with E-state index in [-0.39, 0.29) is 36.5 Å². The predicted octanol–water partition coefficient (Wildman–Crippen LogP) is 7.04. The second-order valence-corrected chi connectivity index (χ2v) is 11.3. The molecule has 242 valence electrons. The van der Waals surface area contributed by atoms with Crippen LogP contribution in [-0.2, 0) is 25.6 Å². The molecule has 11 heteroatoms. The van der Waals surface area contributed by atoms with Gasteiger partial charge in [-0.2, -0.15) is 0 Å². The molecule has 0 spiro atoms. The Bertz CT molecular complexity index is 1530. The lowest BCUT2D eigenvalue weighted by Gasteiger charge is -2.42. The first-order chi connectivity index (χ1) is 22.3. The lowest BCUT2D eigenvalue weighted by atomic mass is 9.89. The fraction of sp³-hybridized carbons (Fsp3) is 0.343. The van der Waals surface area contributed by atoms with Crippen LogP contribution in [0.1, 0.15) is 50.5 Å². The standard InChI is InChI=1S/C35H37F2N3O6/c1-44-30-21-31(46-25-16-9-4-10-17-25)29(20-26(30)33(41)45-22-23-12-5-2-6-13-23)40(24-14-7-3-8-15-24)35(43)39-34(42)38-32-27(36)18-11-19-28(32)37/h2,4-6,9-13,16,18-19,21,24-25,29H,3,7-8,14-15,17,20,22H2,1H3,(H2,38,39,42,43). The Morgan fingerprint density at radius 1 is 0.957 bits per heavy atom. The summed E-state index contributed by atoms with van der Waals surface area (Å²) in [5.41, 5.74) is 0.341. The number of halogens is 2. The summed E-state index contributed by atoms with van der Waals surface area (Å²) in [6, 6.07) is 9.38. The molecular weight excluding hydrogens is 596 g/mol. The molecule has 3 aliphatic carbocycles. The van der Waals surface area contributed by atoms with Crippen LogP contribution in [0.25, 0.3) is 0 Å². The predicted molar refractivity (Wildman–Crippen MR) is 167 cm³/mol. The SMILES string of the molecule is COC1=C(C(=O)OCc2ccccc2)CC(N(C(=O)NC(=O)Nc2c(F)cccc2F)C2CCCCC2)C(OC2C=CC=CC2)=C1. The van der Waals surface area contributed by atoms with E-state index in [4.69, 9.17) is 14.2 Å². The number of carbonyl (C=O) groups excluding carboxylic acids is 3. The van der Waals surface area contributed by atoms with Crippen LogP contribution in [-0.4, -0.2) is 48.2 Å². The minimum absolute atomic E-state index is 0.0115. The molecule has 2 unspecified atom stereocenters. The molecule has 5 rings (SSSR count). The third-order valence-electron chi connectivity index (χ3n) is 8.16. The molecule has 1 fully saturated rings. The average Bonchev–Trinajstić information content (AvgIpc) is 3.07. The molecular formula is C35H37F2N3O6. The number of amides is 4. The van der Waals surface area contributed by atoms with Crippen molar-refractivity contribution >= 4 is 23.7 Å². The molecule has 0 aromatic heterocycles. The van der Waals surface area contributed by atoms with Crippen LogP contribution in [0, 0.1) is 11.6 Å². The molecule has 3 aliphatic rings. The fourth-order valence-electron chi connectivity index (χ4n) is 5.90. The van der Waals surface area contributed by atoms with Gasteiger partial charge in [0.15, 0.2) is 0 Å². The van der Waals surface area contributed by atoms with Crippen LogP contribution >= 0.6 is 0 Å². The summed E-state index contributed by atoms with van der Waals surface area (Å²) in [7, 11) is 1.44. The maximum Gasteiger partial charge on any atom is 0.338 e. The Morgan fingerprint density at radius 3 is 2.37 bits per heavy atom. The smallest absolute Gasteiger partial charge is 0.338 e. The number of allylic oxidation sites excluding steroid dienone is 3. The summed E-state index contributed by atoms with van der Waals surface area (Å²) in [4.78, 5) is 41.9. The van der Waals surface area contributed by atoms with E-state index in [1.807, 2.05) is 54.6 Å². The van der Waals surface area contributed by atoms with Gasteiger partial charge in [0, 0.05) is 25.0 Å². The third kappa shape index (κ3) is 8.01. The third-order valence-corrected chi connectivity index (χ3v) is 8.16. The number of nitrogens with zero attached hydrogens (tertiary/aromatic N) is 1. The van der Waals surface area contributed by atoms with Crippen molar-refractivity contribution in [3.8, 4) is 0 Å². The molecule has 9 nitrogen and oxygen atoms in total. The van der Waals surface area contributed by atoms with Crippen molar-refractivity contribution in [1.29, 1.82) is 0 Å². The molecule has 1 saturated carbocycles. The van der Waals surface area contributed by atoms with E-state index in [1.165, 1.54) is 18.1 Å². The van der Waals surface area contributed by atoms with Crippen LogP contribution in [0.3, 0.4) is 0 Å². The Morgan fingerprint density at radius 2 is 1.70 bits per heavy atom. The average molecular weight is 634 g/mol. The van der Waals surface area contributed by atoms with Gasteiger partial charge in [-0.3, -0.25) is 5.32 Å². The van der Waals surface area contributed by atoms with Crippen LogP contribution in [0.5, 0.6) is 0 Å². The first-order valence-corrected chi connectivity index (χ1v) is 15.4. The van der Waals surface area contributed by atoms with E-state index in [9.17, 15) is 23.2 Å². The highest BCUT2D eigenvalue weighted by atomic mass is 19.1. The highest BCUT2D eigenvalue weighted by molar-refractivity contribution is 6.01. The summed E-state index contributed by atoms with van der Waals surface area (Å²) >= 11 is 0. The zero-order chi connectivity index (χ0) is 32.5. The molecule has 2 aromatic carbocycles. The normalized spacial score (nSPS) is 19.6. The number of anilines is 1. The first kappa shape index (κ1) is 32.5. The Labute approximate surface area is 266 Å². The minimum Gasteiger partial charge on any atom is -0.496 e. The fourth-order valence-corrected chi connectivity index (χ4v) is 5.90. The van der Waals surface area contributed by atoms with Crippen molar-refractivity contribution in [2.75, 3.05) is 12.4 Å². The first-order valence-electron chi connectivity index (χ1n) is 15.4. The molecule has 0 bridgehead atoms. The number of carbonyl (C=O) groups is 3. The van der Waals surface area contributed by atoms with Gasteiger partial charge in [0.25, 0.3) is 0 Å². The lowest BCUT2D eigenvalue weighted by molar-refractivity contribution is -0.141. The van der Waals surface area contributed by atoms with Crippen molar-refractivity contribution in [2.45, 2.75) is 69.7 Å². The van der Waals surface area contributed by atoms with E-state index < -0.39 is 41.4 Å². The van der Waals surface area contributed by atoms with Gasteiger partial charge in [-0.25, -0.2) is 23.2 Å². The van der Waals surface area contributed by atoms with E-state index in [0.29, 0.717) is 25.0 Å². The Kier molecular flexibility index (Phi) is 10.9. The molecule has 2 atom stereocenters. The van der Waals surface area contributed by atoms with Gasteiger partial charge in [0.2, 0.25) is 0 Å². The van der Waals surface area contributed by atoms with Gasteiger partial charge in [-0.1, -0.05) is 73.9 Å². The van der Waals surface area contributed by atoms with Crippen LogP contribution in [0.15, 0.2) is 96.0 Å². The maximum atomic E-state index is 14.2. The van der Waals surface area contributed by atoms with Crippen LogP contribution < -0.4 is 10.6 Å². The molecule has 2 aromatic rings. The van der Waals surface area contributed by atoms with E-state index in [2.05, 4.69) is 10.6 Å². The number of hydrogen-bond acceptors (Lipinski definition) is 6. The molecule has 0 heterocycles. The summed E-state index contributed by atoms with van der Waals surface area (Å²) < 4.78 is 46.2. The zero-order valence-electron chi connectivity index (χ0n) is 25.5. The number of imide groups is 1. The number of para-hydroxylation sites is 1. The van der Waals surface area contributed by atoms with E-state index in [0.717, 1.165) is 37.0 Å². The van der Waals surface area contributed by atoms with E-state index in [1.54, 1.807) is 6.08 Å². The Balaban J connectivity index is 1.45. The molecule has 2 N–H and O–H groups in total. The van der Waals surface area contributed by atoms with Crippen molar-refractivity contribution < 1.29 is 37.4 Å².